The maximum absolute atomic E-state index is 12.1. The summed E-state index contributed by atoms with van der Waals surface area (Å²) in [5.74, 6) is -4.41. The smallest absolute Gasteiger partial charge is 0.293 e. The second-order valence-electron chi connectivity index (χ2n) is 1.60. The van der Waals surface area contributed by atoms with E-state index in [9.17, 15) is 13.6 Å². The van der Waals surface area contributed by atoms with Gasteiger partial charge >= 0.3 is 5.92 Å². The Morgan fingerprint density at radius 2 is 2.22 bits per heavy atom. The summed E-state index contributed by atoms with van der Waals surface area (Å²) < 4.78 is 24.2. The third kappa shape index (κ3) is 1.91. The number of hydrogen-bond acceptors (Lipinski definition) is 1. The number of carbonyl (C=O) groups is 1. The van der Waals surface area contributed by atoms with Crippen molar-refractivity contribution in [1.82, 2.24) is 0 Å². The molecule has 0 bridgehead atoms. The highest BCUT2D eigenvalue weighted by Gasteiger charge is 2.32. The molecule has 0 saturated heterocycles. The highest BCUT2D eigenvalue weighted by Crippen LogP contribution is 2.16. The van der Waals surface area contributed by atoms with Gasteiger partial charge < -0.3 is 0 Å². The fourth-order valence-corrected chi connectivity index (χ4v) is 0.350. The molecule has 0 atom stereocenters. The van der Waals surface area contributed by atoms with E-state index in [1.807, 2.05) is 0 Å². The van der Waals surface area contributed by atoms with Gasteiger partial charge in [-0.25, -0.2) is 0 Å². The number of halogens is 2. The zero-order valence-corrected chi connectivity index (χ0v) is 5.16. The lowest BCUT2D eigenvalue weighted by molar-refractivity contribution is -0.136. The highest BCUT2D eigenvalue weighted by molar-refractivity contribution is 5.87. The van der Waals surface area contributed by atoms with Crippen LogP contribution in [0.2, 0.25) is 0 Å². The van der Waals surface area contributed by atoms with E-state index in [2.05, 4.69) is 6.58 Å². The molecular weight excluding hydrogens is 126 g/mol. The lowest BCUT2D eigenvalue weighted by atomic mass is 10.2. The molecule has 0 aliphatic heterocycles. The van der Waals surface area contributed by atoms with Crippen LogP contribution in [0, 0.1) is 0 Å². The van der Waals surface area contributed by atoms with E-state index in [-0.39, 0.29) is 6.42 Å². The van der Waals surface area contributed by atoms with E-state index in [1.54, 1.807) is 0 Å². The molecule has 52 valence electrons. The van der Waals surface area contributed by atoms with Gasteiger partial charge in [-0.1, -0.05) is 13.5 Å². The average Bonchev–Trinajstić information content (AvgIpc) is 1.86. The van der Waals surface area contributed by atoms with Crippen molar-refractivity contribution in [3.63, 3.8) is 0 Å². The largest absolute Gasteiger partial charge is 0.323 e. The molecule has 0 radical (unpaired) electrons. The Bertz CT molecular complexity index is 129. The molecule has 0 aromatic carbocycles. The molecule has 0 unspecified atom stereocenters. The summed E-state index contributed by atoms with van der Waals surface area (Å²) in [6.07, 6.45) is 0.206. The number of ketones is 1. The van der Waals surface area contributed by atoms with Crippen LogP contribution in [-0.2, 0) is 4.79 Å². The molecule has 0 spiro atoms. The number of Topliss-reactive ketones (excluding diaryl/α,β-unsaturated/α-hetero) is 1. The van der Waals surface area contributed by atoms with Crippen molar-refractivity contribution in [3.8, 4) is 0 Å². The van der Waals surface area contributed by atoms with Crippen LogP contribution in [0.15, 0.2) is 12.7 Å². The topological polar surface area (TPSA) is 17.1 Å². The molecule has 0 heterocycles. The quantitative estimate of drug-likeness (QED) is 0.538. The fourth-order valence-electron chi connectivity index (χ4n) is 0.350. The lowest BCUT2D eigenvalue weighted by Gasteiger charge is -2.06. The predicted octanol–water partition coefficient (Wildman–Crippen LogP) is 1.79. The van der Waals surface area contributed by atoms with Gasteiger partial charge in [0.1, 0.15) is 0 Å². The van der Waals surface area contributed by atoms with Crippen LogP contribution in [0.3, 0.4) is 0 Å². The zero-order chi connectivity index (χ0) is 7.49. The van der Waals surface area contributed by atoms with Gasteiger partial charge in [0, 0.05) is 6.42 Å². The minimum Gasteiger partial charge on any atom is -0.293 e. The number of carbonyl (C=O) groups excluding carboxylic acids is 1. The average molecular weight is 134 g/mol. The zero-order valence-electron chi connectivity index (χ0n) is 5.16. The fraction of sp³-hybridized carbons (Fsp3) is 0.500. The Morgan fingerprint density at radius 3 is 2.33 bits per heavy atom. The molecule has 0 saturated carbocycles. The van der Waals surface area contributed by atoms with Crippen molar-refractivity contribution in [3.05, 3.63) is 12.7 Å². The van der Waals surface area contributed by atoms with E-state index >= 15 is 0 Å². The maximum atomic E-state index is 12.1. The normalized spacial score (nSPS) is 11.0. The first-order chi connectivity index (χ1) is 4.04. The maximum Gasteiger partial charge on any atom is 0.323 e. The van der Waals surface area contributed by atoms with E-state index in [0.717, 1.165) is 0 Å². The van der Waals surface area contributed by atoms with Gasteiger partial charge in [0.25, 0.3) is 0 Å². The van der Waals surface area contributed by atoms with Gasteiger partial charge in [-0.05, 0) is 6.08 Å². The highest BCUT2D eigenvalue weighted by atomic mass is 19.3. The summed E-state index contributed by atoms with van der Waals surface area (Å²) >= 11 is 0. The van der Waals surface area contributed by atoms with Crippen molar-refractivity contribution in [1.29, 1.82) is 0 Å². The Balaban J connectivity index is 4.14. The van der Waals surface area contributed by atoms with Crippen LogP contribution in [0.4, 0.5) is 8.78 Å². The van der Waals surface area contributed by atoms with Gasteiger partial charge in [-0.3, -0.25) is 4.79 Å². The molecule has 0 aliphatic carbocycles. The molecule has 0 aliphatic rings. The van der Waals surface area contributed by atoms with Gasteiger partial charge in [-0.15, -0.1) is 0 Å². The van der Waals surface area contributed by atoms with Gasteiger partial charge in [-0.2, -0.15) is 8.78 Å². The first kappa shape index (κ1) is 8.27. The van der Waals surface area contributed by atoms with Crippen molar-refractivity contribution >= 4 is 5.78 Å². The van der Waals surface area contributed by atoms with Crippen LogP contribution >= 0.6 is 0 Å². The van der Waals surface area contributed by atoms with Crippen molar-refractivity contribution in [2.45, 2.75) is 19.3 Å². The van der Waals surface area contributed by atoms with Crippen LogP contribution in [0.5, 0.6) is 0 Å². The van der Waals surface area contributed by atoms with Crippen molar-refractivity contribution < 1.29 is 13.6 Å². The first-order valence-electron chi connectivity index (χ1n) is 2.59. The molecule has 3 heteroatoms. The minimum atomic E-state index is -3.32. The minimum absolute atomic E-state index is 0.154. The number of allylic oxidation sites excluding steroid dienone is 1. The first-order valence-corrected chi connectivity index (χ1v) is 2.59. The molecule has 0 fully saturated rings. The molecule has 0 rings (SSSR count). The molecule has 9 heavy (non-hydrogen) atoms. The molecule has 0 aromatic heterocycles. The van der Waals surface area contributed by atoms with E-state index in [1.165, 1.54) is 6.92 Å². The van der Waals surface area contributed by atoms with Crippen LogP contribution in [0.25, 0.3) is 0 Å². The van der Waals surface area contributed by atoms with Crippen LogP contribution in [-0.4, -0.2) is 11.7 Å². The molecule has 0 aromatic rings. The monoisotopic (exact) mass is 134 g/mol. The third-order valence-corrected chi connectivity index (χ3v) is 0.949. The Morgan fingerprint density at radius 1 is 1.78 bits per heavy atom. The van der Waals surface area contributed by atoms with Crippen molar-refractivity contribution in [2.24, 2.45) is 0 Å². The molecule has 1 nitrogen and oxygen atoms in total. The summed E-state index contributed by atoms with van der Waals surface area (Å²) in [6, 6.07) is 0. The lowest BCUT2D eigenvalue weighted by Crippen LogP contribution is -2.24. The summed E-state index contributed by atoms with van der Waals surface area (Å²) in [5.41, 5.74) is 0. The summed E-state index contributed by atoms with van der Waals surface area (Å²) in [5, 5.41) is 0. The number of rotatable bonds is 3. The number of alkyl halides is 2. The van der Waals surface area contributed by atoms with Crippen LogP contribution < -0.4 is 0 Å². The SMILES string of the molecule is C=CC(F)(F)C(=O)CC. The molecule has 0 N–H and O–H groups in total. The van der Waals surface area contributed by atoms with Crippen LogP contribution in [0.1, 0.15) is 13.3 Å². The number of hydrogen-bond donors (Lipinski definition) is 0. The summed E-state index contributed by atoms with van der Waals surface area (Å²) in [6.45, 7) is 4.22. The van der Waals surface area contributed by atoms with E-state index in [0.29, 0.717) is 6.08 Å². The Labute approximate surface area is 52.4 Å². The Hall–Kier alpha value is -0.730. The summed E-state index contributed by atoms with van der Waals surface area (Å²) in [7, 11) is 0. The standard InChI is InChI=1S/C6H8F2O/c1-3-5(9)6(7,8)4-2/h4H,2-3H2,1H3. The molecule has 0 amide bonds. The Kier molecular flexibility index (Phi) is 2.49. The predicted molar refractivity (Wildman–Crippen MR) is 30.4 cm³/mol. The van der Waals surface area contributed by atoms with E-state index < -0.39 is 11.7 Å². The van der Waals surface area contributed by atoms with Gasteiger partial charge in [0.05, 0.1) is 0 Å². The second-order valence-corrected chi connectivity index (χ2v) is 1.60. The second kappa shape index (κ2) is 2.71. The van der Waals surface area contributed by atoms with E-state index in [4.69, 9.17) is 0 Å². The van der Waals surface area contributed by atoms with Crippen molar-refractivity contribution in [2.75, 3.05) is 0 Å². The van der Waals surface area contributed by atoms with Gasteiger partial charge in [0.15, 0.2) is 0 Å². The summed E-state index contributed by atoms with van der Waals surface area (Å²) in [4.78, 5) is 10.2. The third-order valence-electron chi connectivity index (χ3n) is 0.949. The van der Waals surface area contributed by atoms with Gasteiger partial charge in [0.2, 0.25) is 5.78 Å². The molecular formula is C6H8F2O.